The van der Waals surface area contributed by atoms with Crippen molar-refractivity contribution >= 4 is 17.0 Å². The molecule has 0 aliphatic carbocycles. The second-order valence-electron chi connectivity index (χ2n) is 4.44. The van der Waals surface area contributed by atoms with E-state index in [0.29, 0.717) is 36.0 Å². The van der Waals surface area contributed by atoms with Gasteiger partial charge in [0.2, 0.25) is 5.89 Å². The average molecular weight is 282 g/mol. The quantitative estimate of drug-likeness (QED) is 0.757. The van der Waals surface area contributed by atoms with Crippen LogP contribution < -0.4 is 11.1 Å². The molecule has 0 saturated carbocycles. The lowest BCUT2D eigenvalue weighted by Gasteiger charge is -2.03. The van der Waals surface area contributed by atoms with E-state index in [1.807, 2.05) is 24.3 Å². The number of aromatic nitrogens is 2. The zero-order valence-electron chi connectivity index (χ0n) is 11.2. The van der Waals surface area contributed by atoms with Crippen molar-refractivity contribution in [2.75, 3.05) is 13.1 Å². The van der Waals surface area contributed by atoms with E-state index >= 15 is 0 Å². The fourth-order valence-corrected chi connectivity index (χ4v) is 1.94. The van der Waals surface area contributed by atoms with Crippen LogP contribution in [0.1, 0.15) is 10.5 Å². The Kier molecular flexibility index (Phi) is 3.61. The number of carbonyl (C=O) groups excluding carboxylic acids is 1. The largest absolute Gasteiger partial charge is 0.435 e. The summed E-state index contributed by atoms with van der Waals surface area (Å²) in [4.78, 5) is 20.5. The molecular weight excluding hydrogens is 268 g/mol. The number of fused-ring (bicyclic) bond motifs is 1. The SMILES string of the molecule is NCCNC(=O)c1cccc(-c2nc3ccccc3o2)n1. The number of para-hydroxylation sites is 2. The zero-order chi connectivity index (χ0) is 14.7. The molecule has 2 aromatic heterocycles. The van der Waals surface area contributed by atoms with Gasteiger partial charge in [-0.25, -0.2) is 9.97 Å². The van der Waals surface area contributed by atoms with Crippen LogP contribution in [0.4, 0.5) is 0 Å². The number of amides is 1. The third kappa shape index (κ3) is 2.75. The molecule has 0 aliphatic heterocycles. The van der Waals surface area contributed by atoms with E-state index in [9.17, 15) is 4.79 Å². The van der Waals surface area contributed by atoms with E-state index in [2.05, 4.69) is 15.3 Å². The van der Waals surface area contributed by atoms with Crippen LogP contribution in [0.5, 0.6) is 0 Å². The second-order valence-corrected chi connectivity index (χ2v) is 4.44. The lowest BCUT2D eigenvalue weighted by atomic mass is 10.3. The van der Waals surface area contributed by atoms with E-state index < -0.39 is 0 Å². The van der Waals surface area contributed by atoms with Crippen LogP contribution in [0.25, 0.3) is 22.7 Å². The summed E-state index contributed by atoms with van der Waals surface area (Å²) in [6.45, 7) is 0.796. The zero-order valence-corrected chi connectivity index (χ0v) is 11.2. The minimum absolute atomic E-state index is 0.265. The Bertz CT molecular complexity index is 749. The van der Waals surface area contributed by atoms with Crippen LogP contribution in [-0.4, -0.2) is 29.0 Å². The molecule has 6 nitrogen and oxygen atoms in total. The summed E-state index contributed by atoms with van der Waals surface area (Å²) in [5.74, 6) is 0.128. The molecule has 3 N–H and O–H groups in total. The molecule has 21 heavy (non-hydrogen) atoms. The van der Waals surface area contributed by atoms with Gasteiger partial charge in [-0.1, -0.05) is 18.2 Å². The molecule has 0 saturated heterocycles. The van der Waals surface area contributed by atoms with Gasteiger partial charge in [-0.2, -0.15) is 0 Å². The predicted molar refractivity (Wildman–Crippen MR) is 78.6 cm³/mol. The van der Waals surface area contributed by atoms with Gasteiger partial charge in [0.25, 0.3) is 5.91 Å². The molecule has 0 spiro atoms. The van der Waals surface area contributed by atoms with Crippen molar-refractivity contribution in [2.45, 2.75) is 0 Å². The fraction of sp³-hybridized carbons (Fsp3) is 0.133. The summed E-state index contributed by atoms with van der Waals surface area (Å²) in [5, 5.41) is 2.68. The van der Waals surface area contributed by atoms with Gasteiger partial charge >= 0.3 is 0 Å². The maximum absolute atomic E-state index is 11.9. The molecule has 6 heteroatoms. The summed E-state index contributed by atoms with van der Waals surface area (Å²) < 4.78 is 5.64. The van der Waals surface area contributed by atoms with Gasteiger partial charge in [0.1, 0.15) is 16.9 Å². The Morgan fingerprint density at radius 3 is 2.81 bits per heavy atom. The van der Waals surface area contributed by atoms with Gasteiger partial charge in [0.15, 0.2) is 5.58 Å². The first-order valence-electron chi connectivity index (χ1n) is 6.59. The molecule has 0 aliphatic rings. The summed E-state index contributed by atoms with van der Waals surface area (Å²) in [6.07, 6.45) is 0. The minimum atomic E-state index is -0.265. The molecule has 0 bridgehead atoms. The molecule has 1 amide bonds. The van der Waals surface area contributed by atoms with Crippen molar-refractivity contribution in [2.24, 2.45) is 5.73 Å². The van der Waals surface area contributed by atoms with Gasteiger partial charge in [-0.3, -0.25) is 4.79 Å². The Morgan fingerprint density at radius 2 is 2.00 bits per heavy atom. The normalized spacial score (nSPS) is 10.7. The average Bonchev–Trinajstić information content (AvgIpc) is 2.97. The number of hydrogen-bond acceptors (Lipinski definition) is 5. The number of rotatable bonds is 4. The highest BCUT2D eigenvalue weighted by molar-refractivity contribution is 5.92. The van der Waals surface area contributed by atoms with E-state index in [1.165, 1.54) is 0 Å². The van der Waals surface area contributed by atoms with Crippen LogP contribution in [0.2, 0.25) is 0 Å². The van der Waals surface area contributed by atoms with E-state index in [4.69, 9.17) is 10.2 Å². The maximum Gasteiger partial charge on any atom is 0.269 e. The summed E-state index contributed by atoms with van der Waals surface area (Å²) >= 11 is 0. The van der Waals surface area contributed by atoms with Crippen LogP contribution in [0.15, 0.2) is 46.9 Å². The second kappa shape index (κ2) is 5.72. The molecule has 0 unspecified atom stereocenters. The van der Waals surface area contributed by atoms with Crippen molar-refractivity contribution in [1.29, 1.82) is 0 Å². The topological polar surface area (TPSA) is 94.0 Å². The third-order valence-corrected chi connectivity index (χ3v) is 2.92. The van der Waals surface area contributed by atoms with Crippen LogP contribution >= 0.6 is 0 Å². The van der Waals surface area contributed by atoms with Gasteiger partial charge in [-0.15, -0.1) is 0 Å². The van der Waals surface area contributed by atoms with Gasteiger partial charge in [0, 0.05) is 13.1 Å². The number of carbonyl (C=O) groups is 1. The third-order valence-electron chi connectivity index (χ3n) is 2.92. The van der Waals surface area contributed by atoms with Crippen molar-refractivity contribution in [3.8, 4) is 11.6 Å². The molecule has 2 heterocycles. The standard InChI is InChI=1S/C15H14N4O2/c16-8-9-17-14(20)11-5-3-6-12(18-11)15-19-10-4-1-2-7-13(10)21-15/h1-7H,8-9,16H2,(H,17,20). The van der Waals surface area contributed by atoms with Crippen LogP contribution in [0.3, 0.4) is 0 Å². The number of pyridine rings is 1. The molecule has 1 aromatic carbocycles. The number of benzene rings is 1. The van der Waals surface area contributed by atoms with Crippen LogP contribution in [0, 0.1) is 0 Å². The predicted octanol–water partition coefficient (Wildman–Crippen LogP) is 1.58. The lowest BCUT2D eigenvalue weighted by molar-refractivity contribution is 0.0950. The van der Waals surface area contributed by atoms with E-state index in [0.717, 1.165) is 5.52 Å². The van der Waals surface area contributed by atoms with Crippen LogP contribution in [-0.2, 0) is 0 Å². The maximum atomic E-state index is 11.9. The number of oxazole rings is 1. The van der Waals surface area contributed by atoms with E-state index in [-0.39, 0.29) is 5.91 Å². The molecule has 0 radical (unpaired) electrons. The Labute approximate surface area is 121 Å². The molecule has 0 fully saturated rings. The minimum Gasteiger partial charge on any atom is -0.435 e. The summed E-state index contributed by atoms with van der Waals surface area (Å²) in [7, 11) is 0. The van der Waals surface area contributed by atoms with Gasteiger partial charge < -0.3 is 15.5 Å². The smallest absolute Gasteiger partial charge is 0.269 e. The highest BCUT2D eigenvalue weighted by atomic mass is 16.3. The number of nitrogens with zero attached hydrogens (tertiary/aromatic N) is 2. The Morgan fingerprint density at radius 1 is 1.14 bits per heavy atom. The summed E-state index contributed by atoms with van der Waals surface area (Å²) in [6, 6.07) is 12.6. The molecular formula is C15H14N4O2. The fourth-order valence-electron chi connectivity index (χ4n) is 1.94. The van der Waals surface area contributed by atoms with Crippen molar-refractivity contribution in [3.05, 3.63) is 48.2 Å². The first kappa shape index (κ1) is 13.3. The summed E-state index contributed by atoms with van der Waals surface area (Å²) in [5.41, 5.74) is 7.63. The highest BCUT2D eigenvalue weighted by Gasteiger charge is 2.12. The molecule has 3 rings (SSSR count). The molecule has 106 valence electrons. The first-order valence-corrected chi connectivity index (χ1v) is 6.59. The van der Waals surface area contributed by atoms with E-state index in [1.54, 1.807) is 18.2 Å². The van der Waals surface area contributed by atoms with Gasteiger partial charge in [0.05, 0.1) is 0 Å². The molecule has 3 aromatic rings. The number of nitrogens with two attached hydrogens (primary N) is 1. The Hall–Kier alpha value is -2.73. The Balaban J connectivity index is 1.93. The lowest BCUT2D eigenvalue weighted by Crippen LogP contribution is -2.29. The van der Waals surface area contributed by atoms with Crippen molar-refractivity contribution in [3.63, 3.8) is 0 Å². The number of hydrogen-bond donors (Lipinski definition) is 2. The van der Waals surface area contributed by atoms with Crippen molar-refractivity contribution in [1.82, 2.24) is 15.3 Å². The first-order chi connectivity index (χ1) is 10.3. The highest BCUT2D eigenvalue weighted by Crippen LogP contribution is 2.22. The van der Waals surface area contributed by atoms with Gasteiger partial charge in [-0.05, 0) is 24.3 Å². The number of nitrogens with one attached hydrogen (secondary N) is 1. The van der Waals surface area contributed by atoms with Crippen molar-refractivity contribution < 1.29 is 9.21 Å². The molecule has 0 atom stereocenters. The monoisotopic (exact) mass is 282 g/mol.